The van der Waals surface area contributed by atoms with Gasteiger partial charge in [0.05, 0.1) is 5.56 Å². The van der Waals surface area contributed by atoms with Crippen LogP contribution in [0.5, 0.6) is 0 Å². The average Bonchev–Trinajstić information content (AvgIpc) is 2.80. The zero-order chi connectivity index (χ0) is 21.8. The molecule has 2 aromatic rings. The van der Waals surface area contributed by atoms with Crippen LogP contribution < -0.4 is 10.2 Å². The number of nitrogens with zero attached hydrogens (tertiary/aromatic N) is 2. The molecule has 0 unspecified atom stereocenters. The number of carbonyl (C=O) groups excluding carboxylic acids is 2. The van der Waals surface area contributed by atoms with E-state index in [2.05, 4.69) is 17.1 Å². The molecule has 5 nitrogen and oxygen atoms in total. The molecule has 2 amide bonds. The van der Waals surface area contributed by atoms with Gasteiger partial charge in [-0.3, -0.25) is 9.59 Å². The predicted octanol–water partition coefficient (Wildman–Crippen LogP) is 4.61. The van der Waals surface area contributed by atoms with Crippen LogP contribution in [-0.4, -0.2) is 48.9 Å². The molecule has 2 aliphatic rings. The number of nitrogens with one attached hydrogen (secondary N) is 1. The number of hydrogen-bond donors (Lipinski definition) is 1. The molecule has 4 rings (SSSR count). The van der Waals surface area contributed by atoms with Crippen LogP contribution in [0, 0.1) is 5.92 Å². The number of carbonyl (C=O) groups is 2. The van der Waals surface area contributed by atoms with Crippen LogP contribution >= 0.6 is 11.6 Å². The summed E-state index contributed by atoms with van der Waals surface area (Å²) in [6, 6.07) is 15.1. The highest BCUT2D eigenvalue weighted by atomic mass is 35.5. The summed E-state index contributed by atoms with van der Waals surface area (Å²) >= 11 is 6.00. The van der Waals surface area contributed by atoms with Crippen LogP contribution in [0.4, 0.5) is 5.69 Å². The molecule has 0 atom stereocenters. The van der Waals surface area contributed by atoms with Crippen molar-refractivity contribution in [3.63, 3.8) is 0 Å². The van der Waals surface area contributed by atoms with Crippen molar-refractivity contribution in [2.45, 2.75) is 38.6 Å². The number of anilines is 1. The van der Waals surface area contributed by atoms with Gasteiger partial charge in [0.2, 0.25) is 0 Å². The second-order valence-corrected chi connectivity index (χ2v) is 9.17. The second kappa shape index (κ2) is 9.73. The minimum absolute atomic E-state index is 0.0872. The molecule has 0 spiro atoms. The Labute approximate surface area is 189 Å². The lowest BCUT2D eigenvalue weighted by atomic mass is 9.98. The van der Waals surface area contributed by atoms with Gasteiger partial charge >= 0.3 is 0 Å². The fraction of sp³-hybridized carbons (Fsp3) is 0.440. The summed E-state index contributed by atoms with van der Waals surface area (Å²) in [5.74, 6) is 0.746. The van der Waals surface area contributed by atoms with E-state index in [9.17, 15) is 9.59 Å². The molecule has 2 aliphatic heterocycles. The summed E-state index contributed by atoms with van der Waals surface area (Å²) in [6.45, 7) is 5.55. The zero-order valence-corrected chi connectivity index (χ0v) is 18.8. The van der Waals surface area contributed by atoms with E-state index in [-0.39, 0.29) is 17.9 Å². The maximum Gasteiger partial charge on any atom is 0.255 e. The Bertz CT molecular complexity index is 932. The molecule has 6 heteroatoms. The minimum Gasteiger partial charge on any atom is -0.371 e. The van der Waals surface area contributed by atoms with Crippen LogP contribution in [0.3, 0.4) is 0 Å². The van der Waals surface area contributed by atoms with Gasteiger partial charge in [-0.15, -0.1) is 0 Å². The SMILES string of the molecule is CC1CCN(C(=O)c2ccccc2N2CCC(NC(=O)c3cccc(Cl)c3)CC2)CC1. The summed E-state index contributed by atoms with van der Waals surface area (Å²) in [4.78, 5) is 30.0. The molecular formula is C25H30ClN3O2. The number of hydrogen-bond acceptors (Lipinski definition) is 3. The maximum atomic E-state index is 13.2. The molecule has 164 valence electrons. The number of piperidine rings is 2. The molecule has 0 bridgehead atoms. The molecule has 1 N–H and O–H groups in total. The van der Waals surface area contributed by atoms with E-state index in [4.69, 9.17) is 11.6 Å². The summed E-state index contributed by atoms with van der Waals surface area (Å²) < 4.78 is 0. The Kier molecular flexibility index (Phi) is 6.81. The van der Waals surface area contributed by atoms with Gasteiger partial charge in [-0.25, -0.2) is 0 Å². The Balaban J connectivity index is 1.38. The van der Waals surface area contributed by atoms with Gasteiger partial charge in [0.15, 0.2) is 0 Å². The average molecular weight is 440 g/mol. The fourth-order valence-electron chi connectivity index (χ4n) is 4.48. The molecule has 31 heavy (non-hydrogen) atoms. The van der Waals surface area contributed by atoms with Crippen LogP contribution in [-0.2, 0) is 0 Å². The van der Waals surface area contributed by atoms with E-state index < -0.39 is 0 Å². The Morgan fingerprint density at radius 2 is 1.65 bits per heavy atom. The van der Waals surface area contributed by atoms with Crippen molar-refractivity contribution in [3.05, 3.63) is 64.7 Å². The highest BCUT2D eigenvalue weighted by molar-refractivity contribution is 6.30. The van der Waals surface area contributed by atoms with Crippen molar-refractivity contribution in [1.82, 2.24) is 10.2 Å². The normalized spacial score (nSPS) is 18.1. The van der Waals surface area contributed by atoms with E-state index >= 15 is 0 Å². The smallest absolute Gasteiger partial charge is 0.255 e. The van der Waals surface area contributed by atoms with Gasteiger partial charge < -0.3 is 15.1 Å². The van der Waals surface area contributed by atoms with E-state index in [0.717, 1.165) is 63.1 Å². The molecule has 0 saturated carbocycles. The van der Waals surface area contributed by atoms with E-state index in [1.165, 1.54) is 0 Å². The van der Waals surface area contributed by atoms with E-state index in [1.807, 2.05) is 29.2 Å². The number of likely N-dealkylation sites (tertiary alicyclic amines) is 1. The van der Waals surface area contributed by atoms with Crippen LogP contribution in [0.2, 0.25) is 5.02 Å². The van der Waals surface area contributed by atoms with Gasteiger partial charge in [-0.1, -0.05) is 36.7 Å². The van der Waals surface area contributed by atoms with Gasteiger partial charge in [0.25, 0.3) is 11.8 Å². The van der Waals surface area contributed by atoms with Crippen molar-refractivity contribution in [1.29, 1.82) is 0 Å². The third-order valence-electron chi connectivity index (χ3n) is 6.46. The van der Waals surface area contributed by atoms with Crippen LogP contribution in [0.15, 0.2) is 48.5 Å². The zero-order valence-electron chi connectivity index (χ0n) is 18.0. The Morgan fingerprint density at radius 1 is 0.935 bits per heavy atom. The van der Waals surface area contributed by atoms with Gasteiger partial charge in [-0.05, 0) is 61.9 Å². The van der Waals surface area contributed by atoms with Crippen LogP contribution in [0.25, 0.3) is 0 Å². The number of para-hydroxylation sites is 1. The topological polar surface area (TPSA) is 52.7 Å². The minimum atomic E-state index is -0.0872. The number of amides is 2. The Morgan fingerprint density at radius 3 is 2.35 bits per heavy atom. The molecular weight excluding hydrogens is 410 g/mol. The quantitative estimate of drug-likeness (QED) is 0.756. The lowest BCUT2D eigenvalue weighted by Gasteiger charge is -2.36. The van der Waals surface area contributed by atoms with Crippen molar-refractivity contribution >= 4 is 29.1 Å². The lowest BCUT2D eigenvalue weighted by Crippen LogP contribution is -2.45. The number of rotatable bonds is 4. The largest absolute Gasteiger partial charge is 0.371 e. The first-order valence-electron chi connectivity index (χ1n) is 11.2. The maximum absolute atomic E-state index is 13.2. The van der Waals surface area contributed by atoms with Gasteiger partial charge in [0, 0.05) is 48.5 Å². The molecule has 0 radical (unpaired) electrons. The predicted molar refractivity (Wildman–Crippen MR) is 125 cm³/mol. The molecule has 2 heterocycles. The standard InChI is InChI=1S/C25H30ClN3O2/c1-18-9-13-29(14-10-18)25(31)22-7-2-3-8-23(22)28-15-11-21(12-16-28)27-24(30)19-5-4-6-20(26)17-19/h2-8,17-18,21H,9-16H2,1H3,(H,27,30). The second-order valence-electron chi connectivity index (χ2n) is 8.74. The first kappa shape index (κ1) is 21.7. The first-order chi connectivity index (χ1) is 15.0. The summed E-state index contributed by atoms with van der Waals surface area (Å²) in [5.41, 5.74) is 2.38. The molecule has 2 fully saturated rings. The molecule has 0 aromatic heterocycles. The van der Waals surface area contributed by atoms with E-state index in [1.54, 1.807) is 24.3 Å². The van der Waals surface area contributed by atoms with Crippen LogP contribution in [0.1, 0.15) is 53.3 Å². The molecule has 0 aliphatic carbocycles. The van der Waals surface area contributed by atoms with Crippen molar-refractivity contribution in [2.24, 2.45) is 5.92 Å². The molecule has 2 aromatic carbocycles. The van der Waals surface area contributed by atoms with Crippen molar-refractivity contribution < 1.29 is 9.59 Å². The third-order valence-corrected chi connectivity index (χ3v) is 6.70. The van der Waals surface area contributed by atoms with Gasteiger partial charge in [0.1, 0.15) is 0 Å². The highest BCUT2D eigenvalue weighted by Crippen LogP contribution is 2.27. The number of halogens is 1. The van der Waals surface area contributed by atoms with E-state index in [0.29, 0.717) is 16.5 Å². The monoisotopic (exact) mass is 439 g/mol. The van der Waals surface area contributed by atoms with Crippen molar-refractivity contribution in [2.75, 3.05) is 31.1 Å². The summed E-state index contributed by atoms with van der Waals surface area (Å²) in [7, 11) is 0. The number of benzene rings is 2. The molecule has 2 saturated heterocycles. The Hall–Kier alpha value is -2.53. The summed E-state index contributed by atoms with van der Waals surface area (Å²) in [6.07, 6.45) is 3.84. The van der Waals surface area contributed by atoms with Crippen molar-refractivity contribution in [3.8, 4) is 0 Å². The highest BCUT2D eigenvalue weighted by Gasteiger charge is 2.27. The summed E-state index contributed by atoms with van der Waals surface area (Å²) in [5, 5.41) is 3.69. The lowest BCUT2D eigenvalue weighted by molar-refractivity contribution is 0.0697. The fourth-order valence-corrected chi connectivity index (χ4v) is 4.67. The first-order valence-corrected chi connectivity index (χ1v) is 11.6. The third kappa shape index (κ3) is 5.21. The van der Waals surface area contributed by atoms with Gasteiger partial charge in [-0.2, -0.15) is 0 Å².